The number of anilines is 1. The van der Waals surface area contributed by atoms with Crippen LogP contribution < -0.4 is 10.1 Å². The molecule has 0 radical (unpaired) electrons. The number of benzene rings is 2. The molecule has 7 nitrogen and oxygen atoms in total. The quantitative estimate of drug-likeness (QED) is 0.211. The lowest BCUT2D eigenvalue weighted by molar-refractivity contribution is -0.384. The first-order chi connectivity index (χ1) is 14.5. The van der Waals surface area contributed by atoms with E-state index in [1.165, 1.54) is 35.6 Å². The molecular formula is C22H21N3O4S. The zero-order chi connectivity index (χ0) is 21.3. The first-order valence-corrected chi connectivity index (χ1v) is 10.4. The van der Waals surface area contributed by atoms with Crippen molar-refractivity contribution in [3.05, 3.63) is 75.7 Å². The van der Waals surface area contributed by atoms with Crippen LogP contribution in [-0.4, -0.2) is 22.4 Å². The highest BCUT2D eigenvalue weighted by atomic mass is 32.1. The second-order valence-electron chi connectivity index (χ2n) is 6.44. The molecule has 1 N–H and O–H groups in total. The molecule has 1 aromatic heterocycles. The second-order valence-corrected chi connectivity index (χ2v) is 7.30. The minimum absolute atomic E-state index is 0.0242. The van der Waals surface area contributed by atoms with E-state index >= 15 is 0 Å². The second kappa shape index (κ2) is 10.3. The number of ether oxygens (including phenoxy) is 1. The Balaban J connectivity index is 1.59. The summed E-state index contributed by atoms with van der Waals surface area (Å²) in [6, 6.07) is 13.7. The van der Waals surface area contributed by atoms with Gasteiger partial charge in [-0.2, -0.15) is 0 Å². The lowest BCUT2D eigenvalue weighted by Gasteiger charge is -2.05. The average molecular weight is 423 g/mol. The predicted molar refractivity (Wildman–Crippen MR) is 119 cm³/mol. The summed E-state index contributed by atoms with van der Waals surface area (Å²) in [7, 11) is 0. The molecule has 8 heteroatoms. The summed E-state index contributed by atoms with van der Waals surface area (Å²) in [5, 5.41) is 15.9. The zero-order valence-electron chi connectivity index (χ0n) is 16.4. The van der Waals surface area contributed by atoms with Crippen molar-refractivity contribution >= 4 is 34.1 Å². The monoisotopic (exact) mass is 423 g/mol. The third-order valence-corrected chi connectivity index (χ3v) is 4.92. The van der Waals surface area contributed by atoms with Crippen LogP contribution in [0.2, 0.25) is 0 Å². The van der Waals surface area contributed by atoms with Crippen molar-refractivity contribution in [2.24, 2.45) is 0 Å². The third kappa shape index (κ3) is 5.99. The molecular weight excluding hydrogens is 402 g/mol. The molecule has 30 heavy (non-hydrogen) atoms. The minimum Gasteiger partial charge on any atom is -0.494 e. The van der Waals surface area contributed by atoms with E-state index in [4.69, 9.17) is 4.74 Å². The number of nitro groups is 1. The van der Waals surface area contributed by atoms with Gasteiger partial charge in [-0.15, -0.1) is 11.3 Å². The van der Waals surface area contributed by atoms with Gasteiger partial charge in [0.2, 0.25) is 5.91 Å². The van der Waals surface area contributed by atoms with Gasteiger partial charge in [-0.1, -0.05) is 25.5 Å². The minimum atomic E-state index is -0.474. The number of carbonyl (C=O) groups is 1. The van der Waals surface area contributed by atoms with Crippen LogP contribution in [0.1, 0.15) is 25.3 Å². The van der Waals surface area contributed by atoms with Crippen molar-refractivity contribution < 1.29 is 14.5 Å². The third-order valence-electron chi connectivity index (χ3n) is 4.16. The van der Waals surface area contributed by atoms with Gasteiger partial charge in [-0.3, -0.25) is 20.2 Å². The van der Waals surface area contributed by atoms with Crippen LogP contribution in [0.4, 0.5) is 10.8 Å². The van der Waals surface area contributed by atoms with Crippen molar-refractivity contribution in [3.63, 3.8) is 0 Å². The van der Waals surface area contributed by atoms with Gasteiger partial charge in [-0.05, 0) is 42.3 Å². The van der Waals surface area contributed by atoms with Gasteiger partial charge in [0.05, 0.1) is 17.2 Å². The molecule has 0 saturated heterocycles. The number of unbranched alkanes of at least 4 members (excludes halogenated alkanes) is 1. The number of nitrogens with one attached hydrogen (secondary N) is 1. The van der Waals surface area contributed by atoms with E-state index in [0.29, 0.717) is 17.3 Å². The maximum absolute atomic E-state index is 12.1. The Morgan fingerprint density at radius 3 is 2.80 bits per heavy atom. The molecule has 0 saturated carbocycles. The van der Waals surface area contributed by atoms with Gasteiger partial charge in [0, 0.05) is 29.2 Å². The summed E-state index contributed by atoms with van der Waals surface area (Å²) in [5.74, 6) is 0.462. The van der Waals surface area contributed by atoms with Crippen molar-refractivity contribution in [3.8, 4) is 17.0 Å². The zero-order valence-corrected chi connectivity index (χ0v) is 17.2. The summed E-state index contributed by atoms with van der Waals surface area (Å²) in [5.41, 5.74) is 2.24. The van der Waals surface area contributed by atoms with Gasteiger partial charge in [0.15, 0.2) is 5.13 Å². The van der Waals surface area contributed by atoms with Crippen LogP contribution in [0.25, 0.3) is 17.3 Å². The lowest BCUT2D eigenvalue weighted by atomic mass is 10.2. The normalized spacial score (nSPS) is 10.8. The molecule has 0 atom stereocenters. The van der Waals surface area contributed by atoms with Gasteiger partial charge >= 0.3 is 0 Å². The number of aromatic nitrogens is 1. The van der Waals surface area contributed by atoms with Crippen LogP contribution in [0.15, 0.2) is 60.0 Å². The van der Waals surface area contributed by atoms with E-state index in [0.717, 1.165) is 29.8 Å². The van der Waals surface area contributed by atoms with E-state index in [9.17, 15) is 14.9 Å². The highest BCUT2D eigenvalue weighted by molar-refractivity contribution is 7.14. The smallest absolute Gasteiger partial charge is 0.270 e. The lowest BCUT2D eigenvalue weighted by Crippen LogP contribution is -2.07. The molecule has 1 heterocycles. The summed E-state index contributed by atoms with van der Waals surface area (Å²) in [6.45, 7) is 2.82. The SMILES string of the molecule is CCCCOc1ccc(-c2csc(NC(=O)/C=C/c3cccc([N+](=O)[O-])c3)n2)cc1. The first-order valence-electron chi connectivity index (χ1n) is 9.47. The maximum Gasteiger partial charge on any atom is 0.270 e. The summed E-state index contributed by atoms with van der Waals surface area (Å²) in [4.78, 5) is 26.9. The van der Waals surface area contributed by atoms with Crippen LogP contribution in [0.5, 0.6) is 5.75 Å². The molecule has 0 spiro atoms. The van der Waals surface area contributed by atoms with E-state index in [2.05, 4.69) is 17.2 Å². The number of nitrogens with zero attached hydrogens (tertiary/aromatic N) is 2. The summed E-state index contributed by atoms with van der Waals surface area (Å²) < 4.78 is 5.66. The molecule has 0 bridgehead atoms. The van der Waals surface area contributed by atoms with Crippen LogP contribution >= 0.6 is 11.3 Å². The predicted octanol–water partition coefficient (Wildman–Crippen LogP) is 5.55. The number of hydrogen-bond acceptors (Lipinski definition) is 6. The Labute approximate surface area is 178 Å². The highest BCUT2D eigenvalue weighted by Gasteiger charge is 2.08. The molecule has 0 fully saturated rings. The van der Waals surface area contributed by atoms with E-state index in [-0.39, 0.29) is 11.6 Å². The summed E-state index contributed by atoms with van der Waals surface area (Å²) >= 11 is 1.32. The standard InChI is InChI=1S/C22H21N3O4S/c1-2-3-13-29-19-10-8-17(9-11-19)20-15-30-22(23-20)24-21(26)12-7-16-5-4-6-18(14-16)25(27)28/h4-12,14-15H,2-3,13H2,1H3,(H,23,24,26)/b12-7+. The largest absolute Gasteiger partial charge is 0.494 e. The number of amides is 1. The van der Waals surface area contributed by atoms with E-state index < -0.39 is 4.92 Å². The van der Waals surface area contributed by atoms with Gasteiger partial charge < -0.3 is 4.74 Å². The number of non-ortho nitro benzene ring substituents is 1. The molecule has 3 aromatic rings. The highest BCUT2D eigenvalue weighted by Crippen LogP contribution is 2.26. The molecule has 0 aliphatic rings. The molecule has 154 valence electrons. The Morgan fingerprint density at radius 2 is 2.07 bits per heavy atom. The molecule has 2 aromatic carbocycles. The Bertz CT molecular complexity index is 1040. The van der Waals surface area contributed by atoms with Crippen LogP contribution in [0, 0.1) is 10.1 Å². The number of rotatable bonds is 9. The fourth-order valence-electron chi connectivity index (χ4n) is 2.58. The molecule has 0 aliphatic carbocycles. The van der Waals surface area contributed by atoms with Crippen molar-refractivity contribution in [1.82, 2.24) is 4.98 Å². The Morgan fingerprint density at radius 1 is 1.27 bits per heavy atom. The number of thiazole rings is 1. The van der Waals surface area contributed by atoms with Gasteiger partial charge in [0.25, 0.3) is 5.69 Å². The van der Waals surface area contributed by atoms with E-state index in [1.54, 1.807) is 12.1 Å². The summed E-state index contributed by atoms with van der Waals surface area (Å²) in [6.07, 6.45) is 4.95. The topological polar surface area (TPSA) is 94.4 Å². The fraction of sp³-hybridized carbons (Fsp3) is 0.182. The number of carbonyl (C=O) groups excluding carboxylic acids is 1. The van der Waals surface area contributed by atoms with E-state index in [1.807, 2.05) is 29.6 Å². The maximum atomic E-state index is 12.1. The first kappa shape index (κ1) is 21.2. The van der Waals surface area contributed by atoms with Crippen molar-refractivity contribution in [2.45, 2.75) is 19.8 Å². The average Bonchev–Trinajstić information content (AvgIpc) is 3.21. The van der Waals surface area contributed by atoms with Gasteiger partial charge in [0.1, 0.15) is 5.75 Å². The molecule has 0 aliphatic heterocycles. The van der Waals surface area contributed by atoms with Crippen LogP contribution in [-0.2, 0) is 4.79 Å². The Kier molecular flexibility index (Phi) is 7.29. The number of nitro benzene ring substituents is 1. The molecule has 3 rings (SSSR count). The number of hydrogen-bond donors (Lipinski definition) is 1. The van der Waals surface area contributed by atoms with Crippen LogP contribution in [0.3, 0.4) is 0 Å². The van der Waals surface area contributed by atoms with Gasteiger partial charge in [-0.25, -0.2) is 4.98 Å². The molecule has 1 amide bonds. The fourth-order valence-corrected chi connectivity index (χ4v) is 3.30. The molecule has 0 unspecified atom stereocenters. The van der Waals surface area contributed by atoms with Crippen molar-refractivity contribution in [2.75, 3.05) is 11.9 Å². The van der Waals surface area contributed by atoms with Crippen molar-refractivity contribution in [1.29, 1.82) is 0 Å². The Hall–Kier alpha value is -3.52.